The number of nitrogens with one attached hydrogen (secondary N) is 1. The lowest BCUT2D eigenvalue weighted by Crippen LogP contribution is -2.44. The van der Waals surface area contributed by atoms with Crippen LogP contribution in [0.5, 0.6) is 0 Å². The van der Waals surface area contributed by atoms with Gasteiger partial charge in [-0.2, -0.15) is 11.8 Å². The standard InChI is InChI=1S/C13H27NOS/c1-11-5-4-7-14-13(11)12(2)6-9-16-10-8-15-3/h11-14H,4-10H2,1-3H3. The fourth-order valence-corrected chi connectivity index (χ4v) is 3.56. The van der Waals surface area contributed by atoms with Crippen LogP contribution < -0.4 is 5.32 Å². The summed E-state index contributed by atoms with van der Waals surface area (Å²) in [7, 11) is 1.77. The van der Waals surface area contributed by atoms with Gasteiger partial charge in [-0.05, 0) is 43.4 Å². The summed E-state index contributed by atoms with van der Waals surface area (Å²) >= 11 is 2.02. The molecule has 0 saturated carbocycles. The van der Waals surface area contributed by atoms with Gasteiger partial charge < -0.3 is 10.1 Å². The molecule has 16 heavy (non-hydrogen) atoms. The van der Waals surface area contributed by atoms with E-state index in [1.54, 1.807) is 7.11 Å². The number of thioether (sulfide) groups is 1. The Kier molecular flexibility index (Phi) is 7.50. The third-order valence-corrected chi connectivity index (χ3v) is 4.57. The van der Waals surface area contributed by atoms with E-state index in [1.165, 1.54) is 31.6 Å². The normalized spacial score (nSPS) is 27.9. The molecule has 0 radical (unpaired) electrons. The van der Waals surface area contributed by atoms with Gasteiger partial charge in [0.25, 0.3) is 0 Å². The Morgan fingerprint density at radius 2 is 2.25 bits per heavy atom. The van der Waals surface area contributed by atoms with E-state index in [2.05, 4.69) is 19.2 Å². The van der Waals surface area contributed by atoms with Crippen molar-refractivity contribution in [2.75, 3.05) is 31.8 Å². The molecule has 0 bridgehead atoms. The lowest BCUT2D eigenvalue weighted by Gasteiger charge is -2.34. The van der Waals surface area contributed by atoms with Crippen LogP contribution >= 0.6 is 11.8 Å². The number of ether oxygens (including phenoxy) is 1. The van der Waals surface area contributed by atoms with E-state index in [9.17, 15) is 0 Å². The predicted octanol–water partition coefficient (Wildman–Crippen LogP) is 2.78. The summed E-state index contributed by atoms with van der Waals surface area (Å²) in [4.78, 5) is 0. The zero-order chi connectivity index (χ0) is 11.8. The molecule has 1 N–H and O–H groups in total. The number of piperidine rings is 1. The Labute approximate surface area is 105 Å². The number of rotatable bonds is 7. The van der Waals surface area contributed by atoms with Crippen molar-refractivity contribution in [1.29, 1.82) is 0 Å². The summed E-state index contributed by atoms with van der Waals surface area (Å²) in [5, 5.41) is 3.69. The quantitative estimate of drug-likeness (QED) is 0.697. The van der Waals surface area contributed by atoms with Gasteiger partial charge >= 0.3 is 0 Å². The van der Waals surface area contributed by atoms with Crippen molar-refractivity contribution in [3.05, 3.63) is 0 Å². The number of hydrogen-bond acceptors (Lipinski definition) is 3. The summed E-state index contributed by atoms with van der Waals surface area (Å²) < 4.78 is 5.05. The van der Waals surface area contributed by atoms with Gasteiger partial charge in [0.15, 0.2) is 0 Å². The van der Waals surface area contributed by atoms with E-state index in [-0.39, 0.29) is 0 Å². The van der Waals surface area contributed by atoms with Crippen LogP contribution in [-0.2, 0) is 4.74 Å². The average molecular weight is 245 g/mol. The first-order valence-electron chi connectivity index (χ1n) is 6.55. The van der Waals surface area contributed by atoms with Crippen LogP contribution in [-0.4, -0.2) is 37.8 Å². The van der Waals surface area contributed by atoms with Crippen LogP contribution in [0.25, 0.3) is 0 Å². The van der Waals surface area contributed by atoms with Crippen LogP contribution in [0.2, 0.25) is 0 Å². The van der Waals surface area contributed by atoms with Crippen molar-refractivity contribution >= 4 is 11.8 Å². The lowest BCUT2D eigenvalue weighted by atomic mass is 9.83. The second kappa shape index (κ2) is 8.37. The maximum atomic E-state index is 5.05. The Morgan fingerprint density at radius 1 is 1.44 bits per heavy atom. The topological polar surface area (TPSA) is 21.3 Å². The highest BCUT2D eigenvalue weighted by Crippen LogP contribution is 2.24. The van der Waals surface area contributed by atoms with E-state index in [1.807, 2.05) is 11.8 Å². The van der Waals surface area contributed by atoms with Crippen molar-refractivity contribution in [2.24, 2.45) is 11.8 Å². The highest BCUT2D eigenvalue weighted by atomic mass is 32.2. The van der Waals surface area contributed by atoms with Gasteiger partial charge in [-0.1, -0.05) is 13.8 Å². The van der Waals surface area contributed by atoms with E-state index >= 15 is 0 Å². The maximum Gasteiger partial charge on any atom is 0.0552 e. The van der Waals surface area contributed by atoms with Crippen LogP contribution in [0, 0.1) is 11.8 Å². The van der Waals surface area contributed by atoms with E-state index in [0.29, 0.717) is 0 Å². The molecule has 1 heterocycles. The monoisotopic (exact) mass is 245 g/mol. The van der Waals surface area contributed by atoms with Gasteiger partial charge in [0, 0.05) is 18.9 Å². The molecule has 96 valence electrons. The smallest absolute Gasteiger partial charge is 0.0552 e. The van der Waals surface area contributed by atoms with Crippen molar-refractivity contribution in [1.82, 2.24) is 5.32 Å². The van der Waals surface area contributed by atoms with Gasteiger partial charge in [0.2, 0.25) is 0 Å². The molecule has 1 aliphatic heterocycles. The first-order valence-corrected chi connectivity index (χ1v) is 7.71. The molecule has 1 aliphatic rings. The number of methoxy groups -OCH3 is 1. The van der Waals surface area contributed by atoms with Gasteiger partial charge in [0.05, 0.1) is 6.61 Å². The average Bonchev–Trinajstić information content (AvgIpc) is 2.29. The fourth-order valence-electron chi connectivity index (χ4n) is 2.53. The molecule has 1 rings (SSSR count). The van der Waals surface area contributed by atoms with Crippen molar-refractivity contribution in [3.63, 3.8) is 0 Å². The van der Waals surface area contributed by atoms with E-state index < -0.39 is 0 Å². The Balaban J connectivity index is 2.10. The summed E-state index contributed by atoms with van der Waals surface area (Å²) in [5.74, 6) is 4.07. The molecular formula is C13H27NOS. The largest absolute Gasteiger partial charge is 0.384 e. The third-order valence-electron chi connectivity index (χ3n) is 3.59. The Hall–Kier alpha value is 0.270. The van der Waals surface area contributed by atoms with Crippen LogP contribution in [0.15, 0.2) is 0 Å². The molecule has 0 aromatic heterocycles. The maximum absolute atomic E-state index is 5.05. The molecule has 0 aromatic rings. The van der Waals surface area contributed by atoms with Gasteiger partial charge in [0.1, 0.15) is 0 Å². The predicted molar refractivity (Wildman–Crippen MR) is 73.2 cm³/mol. The van der Waals surface area contributed by atoms with Crippen LogP contribution in [0.1, 0.15) is 33.1 Å². The zero-order valence-electron chi connectivity index (χ0n) is 11.0. The van der Waals surface area contributed by atoms with Gasteiger partial charge in [-0.3, -0.25) is 0 Å². The van der Waals surface area contributed by atoms with Crippen LogP contribution in [0.3, 0.4) is 0 Å². The molecule has 0 aliphatic carbocycles. The van der Waals surface area contributed by atoms with Crippen molar-refractivity contribution in [2.45, 2.75) is 39.2 Å². The second-order valence-corrected chi connectivity index (χ2v) is 6.20. The second-order valence-electron chi connectivity index (χ2n) is 4.97. The SMILES string of the molecule is COCCSCCC(C)C1NCCCC1C. The Morgan fingerprint density at radius 3 is 2.94 bits per heavy atom. The minimum atomic E-state index is 0.747. The molecule has 3 unspecified atom stereocenters. The summed E-state index contributed by atoms with van der Waals surface area (Å²) in [6.07, 6.45) is 4.09. The minimum absolute atomic E-state index is 0.747. The van der Waals surface area contributed by atoms with Crippen molar-refractivity contribution in [3.8, 4) is 0 Å². The van der Waals surface area contributed by atoms with E-state index in [0.717, 1.165) is 30.2 Å². The van der Waals surface area contributed by atoms with E-state index in [4.69, 9.17) is 4.74 Å². The van der Waals surface area contributed by atoms with Crippen molar-refractivity contribution < 1.29 is 4.74 Å². The molecule has 0 aromatic carbocycles. The lowest BCUT2D eigenvalue weighted by molar-refractivity contribution is 0.218. The first kappa shape index (κ1) is 14.3. The molecule has 2 nitrogen and oxygen atoms in total. The summed E-state index contributed by atoms with van der Waals surface area (Å²) in [5.41, 5.74) is 0. The summed E-state index contributed by atoms with van der Waals surface area (Å²) in [6.45, 7) is 6.90. The van der Waals surface area contributed by atoms with Gasteiger partial charge in [-0.25, -0.2) is 0 Å². The number of hydrogen-bond donors (Lipinski definition) is 1. The molecule has 0 spiro atoms. The Bertz CT molecular complexity index is 177. The molecule has 1 fully saturated rings. The highest BCUT2D eigenvalue weighted by Gasteiger charge is 2.25. The summed E-state index contributed by atoms with van der Waals surface area (Å²) in [6, 6.07) is 0.747. The molecule has 3 heteroatoms. The molecule has 3 atom stereocenters. The first-order chi connectivity index (χ1) is 7.75. The molecule has 0 amide bonds. The zero-order valence-corrected chi connectivity index (χ0v) is 11.8. The third kappa shape index (κ3) is 5.07. The van der Waals surface area contributed by atoms with Gasteiger partial charge in [-0.15, -0.1) is 0 Å². The minimum Gasteiger partial charge on any atom is -0.384 e. The highest BCUT2D eigenvalue weighted by molar-refractivity contribution is 7.99. The molecular weight excluding hydrogens is 218 g/mol. The molecule has 1 saturated heterocycles. The fraction of sp³-hybridized carbons (Fsp3) is 1.00. The van der Waals surface area contributed by atoms with Crippen LogP contribution in [0.4, 0.5) is 0 Å².